The highest BCUT2D eigenvalue weighted by atomic mass is 16.5. The molecule has 0 radical (unpaired) electrons. The SMILES string of the molecule is COc1ccc(C(=O)O)cc1NCc1c(OCc2ccccc2C)ccc2ccccc12. The van der Waals surface area contributed by atoms with E-state index in [1.54, 1.807) is 19.2 Å². The molecule has 0 bridgehead atoms. The summed E-state index contributed by atoms with van der Waals surface area (Å²) in [6.45, 7) is 2.99. The lowest BCUT2D eigenvalue weighted by molar-refractivity contribution is 0.0697. The third kappa shape index (κ3) is 4.52. The Hall–Kier alpha value is -3.99. The van der Waals surface area contributed by atoms with Gasteiger partial charge >= 0.3 is 5.97 Å². The minimum atomic E-state index is -0.983. The quantitative estimate of drug-likeness (QED) is 0.358. The van der Waals surface area contributed by atoms with E-state index in [1.807, 2.05) is 30.3 Å². The fraction of sp³-hybridized carbons (Fsp3) is 0.148. The second-order valence-corrected chi connectivity index (χ2v) is 7.55. The lowest BCUT2D eigenvalue weighted by Crippen LogP contribution is -2.07. The van der Waals surface area contributed by atoms with Gasteiger partial charge in [0.15, 0.2) is 0 Å². The predicted octanol–water partition coefficient (Wildman–Crippen LogP) is 6.05. The van der Waals surface area contributed by atoms with Gasteiger partial charge in [0.1, 0.15) is 18.1 Å². The molecule has 5 heteroatoms. The van der Waals surface area contributed by atoms with Crippen molar-refractivity contribution in [1.82, 2.24) is 0 Å². The molecule has 162 valence electrons. The molecule has 0 atom stereocenters. The molecule has 2 N–H and O–H groups in total. The number of carboxylic acids is 1. The normalized spacial score (nSPS) is 10.7. The van der Waals surface area contributed by atoms with E-state index in [0.29, 0.717) is 24.6 Å². The summed E-state index contributed by atoms with van der Waals surface area (Å²) >= 11 is 0. The standard InChI is InChI=1S/C27H25NO4/c1-18-7-3-4-9-21(18)17-32-25-13-11-19-8-5-6-10-22(19)23(25)16-28-24-15-20(27(29)30)12-14-26(24)31-2/h3-15,28H,16-17H2,1-2H3,(H,29,30). The van der Waals surface area contributed by atoms with Crippen molar-refractivity contribution >= 4 is 22.4 Å². The summed E-state index contributed by atoms with van der Waals surface area (Å²) in [6.07, 6.45) is 0. The van der Waals surface area contributed by atoms with Crippen molar-refractivity contribution in [2.45, 2.75) is 20.1 Å². The molecule has 0 heterocycles. The average Bonchev–Trinajstić information content (AvgIpc) is 2.82. The van der Waals surface area contributed by atoms with Crippen molar-refractivity contribution in [1.29, 1.82) is 0 Å². The number of anilines is 1. The third-order valence-corrected chi connectivity index (χ3v) is 5.54. The van der Waals surface area contributed by atoms with Gasteiger partial charge in [-0.05, 0) is 53.1 Å². The molecule has 0 spiro atoms. The Morgan fingerprint density at radius 2 is 1.69 bits per heavy atom. The molecule has 0 amide bonds. The van der Waals surface area contributed by atoms with Crippen LogP contribution >= 0.6 is 0 Å². The summed E-state index contributed by atoms with van der Waals surface area (Å²) in [5.74, 6) is 0.383. The number of carbonyl (C=O) groups is 1. The molecular formula is C27H25NO4. The maximum Gasteiger partial charge on any atom is 0.335 e. The van der Waals surface area contributed by atoms with Crippen LogP contribution in [0.3, 0.4) is 0 Å². The van der Waals surface area contributed by atoms with Crippen molar-refractivity contribution in [3.8, 4) is 11.5 Å². The van der Waals surface area contributed by atoms with Crippen molar-refractivity contribution in [3.05, 3.63) is 101 Å². The van der Waals surface area contributed by atoms with Crippen LogP contribution < -0.4 is 14.8 Å². The number of hydrogen-bond acceptors (Lipinski definition) is 4. The Bertz CT molecular complexity index is 1270. The smallest absolute Gasteiger partial charge is 0.335 e. The third-order valence-electron chi connectivity index (χ3n) is 5.54. The van der Waals surface area contributed by atoms with E-state index in [4.69, 9.17) is 9.47 Å². The van der Waals surface area contributed by atoms with Crippen LogP contribution in [0.2, 0.25) is 0 Å². The second-order valence-electron chi connectivity index (χ2n) is 7.55. The number of aryl methyl sites for hydroxylation is 1. The highest BCUT2D eigenvalue weighted by molar-refractivity contribution is 5.90. The molecule has 32 heavy (non-hydrogen) atoms. The van der Waals surface area contributed by atoms with Crippen LogP contribution in [0.5, 0.6) is 11.5 Å². The van der Waals surface area contributed by atoms with Crippen LogP contribution in [-0.2, 0) is 13.2 Å². The summed E-state index contributed by atoms with van der Waals surface area (Å²) in [4.78, 5) is 11.4. The molecule has 0 aliphatic heterocycles. The number of nitrogens with one attached hydrogen (secondary N) is 1. The molecule has 0 unspecified atom stereocenters. The molecule has 0 saturated heterocycles. The first-order valence-electron chi connectivity index (χ1n) is 10.4. The highest BCUT2D eigenvalue weighted by Gasteiger charge is 2.13. The molecule has 0 fully saturated rings. The zero-order valence-corrected chi connectivity index (χ0v) is 18.1. The van der Waals surface area contributed by atoms with Gasteiger partial charge in [-0.1, -0.05) is 54.6 Å². The number of fused-ring (bicyclic) bond motifs is 1. The highest BCUT2D eigenvalue weighted by Crippen LogP contribution is 2.32. The van der Waals surface area contributed by atoms with Gasteiger partial charge < -0.3 is 19.9 Å². The van der Waals surface area contributed by atoms with E-state index < -0.39 is 5.97 Å². The van der Waals surface area contributed by atoms with Gasteiger partial charge in [0.25, 0.3) is 0 Å². The van der Waals surface area contributed by atoms with E-state index in [9.17, 15) is 9.90 Å². The Balaban J connectivity index is 1.66. The zero-order valence-electron chi connectivity index (χ0n) is 18.1. The van der Waals surface area contributed by atoms with Gasteiger partial charge in [-0.2, -0.15) is 0 Å². The summed E-state index contributed by atoms with van der Waals surface area (Å²) in [7, 11) is 1.57. The van der Waals surface area contributed by atoms with Gasteiger partial charge in [-0.15, -0.1) is 0 Å². The van der Waals surface area contributed by atoms with Crippen molar-refractivity contribution in [2.75, 3.05) is 12.4 Å². The number of methoxy groups -OCH3 is 1. The molecule has 4 aromatic carbocycles. The Kier molecular flexibility index (Phi) is 6.26. The lowest BCUT2D eigenvalue weighted by Gasteiger charge is -2.17. The van der Waals surface area contributed by atoms with Crippen LogP contribution in [0, 0.1) is 6.92 Å². The molecular weight excluding hydrogens is 402 g/mol. The fourth-order valence-electron chi connectivity index (χ4n) is 3.72. The van der Waals surface area contributed by atoms with Crippen LogP contribution in [0.4, 0.5) is 5.69 Å². The summed E-state index contributed by atoms with van der Waals surface area (Å²) in [6, 6.07) is 25.1. The van der Waals surface area contributed by atoms with E-state index in [2.05, 4.69) is 42.6 Å². The average molecular weight is 428 g/mol. The van der Waals surface area contributed by atoms with Crippen molar-refractivity contribution < 1.29 is 19.4 Å². The largest absolute Gasteiger partial charge is 0.495 e. The number of ether oxygens (including phenoxy) is 2. The van der Waals surface area contributed by atoms with Gasteiger partial charge in [-0.3, -0.25) is 0 Å². The van der Waals surface area contributed by atoms with Gasteiger partial charge in [0, 0.05) is 12.1 Å². The number of aromatic carboxylic acids is 1. The van der Waals surface area contributed by atoms with Crippen LogP contribution in [-0.4, -0.2) is 18.2 Å². The minimum absolute atomic E-state index is 0.197. The van der Waals surface area contributed by atoms with Gasteiger partial charge in [0.2, 0.25) is 0 Å². The summed E-state index contributed by atoms with van der Waals surface area (Å²) < 4.78 is 11.7. The maximum atomic E-state index is 11.4. The van der Waals surface area contributed by atoms with Gasteiger partial charge in [0.05, 0.1) is 18.4 Å². The first kappa shape index (κ1) is 21.2. The molecule has 0 aromatic heterocycles. The van der Waals surface area contributed by atoms with Crippen molar-refractivity contribution in [3.63, 3.8) is 0 Å². The van der Waals surface area contributed by atoms with Crippen LogP contribution in [0.25, 0.3) is 10.8 Å². The molecule has 5 nitrogen and oxygen atoms in total. The topological polar surface area (TPSA) is 67.8 Å². The first-order valence-corrected chi connectivity index (χ1v) is 10.4. The summed E-state index contributed by atoms with van der Waals surface area (Å²) in [5.41, 5.74) is 4.13. The van der Waals surface area contributed by atoms with Crippen molar-refractivity contribution in [2.24, 2.45) is 0 Å². The van der Waals surface area contributed by atoms with E-state index in [1.165, 1.54) is 11.6 Å². The molecule has 0 aliphatic carbocycles. The molecule has 4 aromatic rings. The molecule has 0 saturated carbocycles. The monoisotopic (exact) mass is 427 g/mol. The first-order chi connectivity index (χ1) is 15.6. The van der Waals surface area contributed by atoms with E-state index in [-0.39, 0.29) is 5.56 Å². The summed E-state index contributed by atoms with van der Waals surface area (Å²) in [5, 5.41) is 14.9. The number of carboxylic acid groups (broad SMARTS) is 1. The molecule has 4 rings (SSSR count). The fourth-order valence-corrected chi connectivity index (χ4v) is 3.72. The van der Waals surface area contributed by atoms with E-state index >= 15 is 0 Å². The number of rotatable bonds is 8. The number of benzene rings is 4. The molecule has 0 aliphatic rings. The van der Waals surface area contributed by atoms with Crippen LogP contribution in [0.1, 0.15) is 27.0 Å². The predicted molar refractivity (Wildman–Crippen MR) is 127 cm³/mol. The van der Waals surface area contributed by atoms with E-state index in [0.717, 1.165) is 27.6 Å². The maximum absolute atomic E-state index is 11.4. The Morgan fingerprint density at radius 3 is 2.47 bits per heavy atom. The van der Waals surface area contributed by atoms with Crippen LogP contribution in [0.15, 0.2) is 78.9 Å². The van der Waals surface area contributed by atoms with Gasteiger partial charge in [-0.25, -0.2) is 4.79 Å². The minimum Gasteiger partial charge on any atom is -0.495 e. The lowest BCUT2D eigenvalue weighted by atomic mass is 10.0. The second kappa shape index (κ2) is 9.43. The number of hydrogen-bond donors (Lipinski definition) is 2. The zero-order chi connectivity index (χ0) is 22.5. The Labute approximate surface area is 187 Å². The Morgan fingerprint density at radius 1 is 0.938 bits per heavy atom.